The zero-order valence-electron chi connectivity index (χ0n) is 9.59. The van der Waals surface area contributed by atoms with Crippen LogP contribution in [0.25, 0.3) is 11.1 Å². The lowest BCUT2D eigenvalue weighted by molar-refractivity contribution is -0.384. The van der Waals surface area contributed by atoms with Crippen LogP contribution in [0.2, 0.25) is 0 Å². The molecule has 0 radical (unpaired) electrons. The molecule has 0 saturated carbocycles. The molecule has 0 amide bonds. The highest BCUT2D eigenvalue weighted by atomic mass is 19.1. The molecule has 0 saturated heterocycles. The molecule has 0 bridgehead atoms. The van der Waals surface area contributed by atoms with Crippen LogP contribution in [0.3, 0.4) is 0 Å². The lowest BCUT2D eigenvalue weighted by Gasteiger charge is -2.06. The fraction of sp³-hybridized carbons (Fsp3) is 0.0769. The molecule has 2 rings (SSSR count). The SMILES string of the molecule is COc1ccc([N+](=O)[O-])c(-c2ccccc2F)c1. The normalized spacial score (nSPS) is 10.1. The van der Waals surface area contributed by atoms with Crippen molar-refractivity contribution in [2.24, 2.45) is 0 Å². The summed E-state index contributed by atoms with van der Waals surface area (Å²) in [4.78, 5) is 10.4. The first-order valence-electron chi connectivity index (χ1n) is 5.21. The first-order chi connectivity index (χ1) is 8.63. The highest BCUT2D eigenvalue weighted by Gasteiger charge is 2.18. The Morgan fingerprint density at radius 3 is 2.50 bits per heavy atom. The smallest absolute Gasteiger partial charge is 0.277 e. The van der Waals surface area contributed by atoms with Crippen LogP contribution < -0.4 is 4.74 Å². The summed E-state index contributed by atoms with van der Waals surface area (Å²) in [6, 6.07) is 10.2. The molecule has 0 spiro atoms. The van der Waals surface area contributed by atoms with E-state index < -0.39 is 10.7 Å². The molecule has 0 N–H and O–H groups in total. The van der Waals surface area contributed by atoms with Gasteiger partial charge in [-0.15, -0.1) is 0 Å². The highest BCUT2D eigenvalue weighted by Crippen LogP contribution is 2.34. The van der Waals surface area contributed by atoms with Crippen LogP contribution >= 0.6 is 0 Å². The second-order valence-corrected chi connectivity index (χ2v) is 3.62. The van der Waals surface area contributed by atoms with Gasteiger partial charge in [0.2, 0.25) is 0 Å². The van der Waals surface area contributed by atoms with Crippen LogP contribution in [0.1, 0.15) is 0 Å². The number of methoxy groups -OCH3 is 1. The molecule has 18 heavy (non-hydrogen) atoms. The Labute approximate surface area is 103 Å². The van der Waals surface area contributed by atoms with Gasteiger partial charge in [-0.1, -0.05) is 18.2 Å². The third-order valence-electron chi connectivity index (χ3n) is 2.56. The summed E-state index contributed by atoms with van der Waals surface area (Å²) in [5, 5.41) is 10.9. The van der Waals surface area contributed by atoms with Gasteiger partial charge >= 0.3 is 0 Å². The monoisotopic (exact) mass is 247 g/mol. The number of hydrogen-bond acceptors (Lipinski definition) is 3. The predicted octanol–water partition coefficient (Wildman–Crippen LogP) is 3.41. The van der Waals surface area contributed by atoms with Gasteiger partial charge in [-0.25, -0.2) is 4.39 Å². The largest absolute Gasteiger partial charge is 0.497 e. The van der Waals surface area contributed by atoms with Crippen molar-refractivity contribution in [1.29, 1.82) is 0 Å². The number of halogens is 1. The Balaban J connectivity index is 2.68. The fourth-order valence-electron chi connectivity index (χ4n) is 1.70. The Bertz CT molecular complexity index is 599. The molecule has 2 aromatic rings. The van der Waals surface area contributed by atoms with E-state index in [1.807, 2.05) is 0 Å². The molecule has 0 aliphatic carbocycles. The molecule has 0 unspecified atom stereocenters. The zero-order chi connectivity index (χ0) is 13.1. The second kappa shape index (κ2) is 4.83. The summed E-state index contributed by atoms with van der Waals surface area (Å²) in [6.07, 6.45) is 0. The van der Waals surface area contributed by atoms with Gasteiger partial charge in [0.25, 0.3) is 5.69 Å². The number of rotatable bonds is 3. The van der Waals surface area contributed by atoms with Crippen LogP contribution in [0, 0.1) is 15.9 Å². The lowest BCUT2D eigenvalue weighted by atomic mass is 10.0. The van der Waals surface area contributed by atoms with Crippen LogP contribution in [-0.4, -0.2) is 12.0 Å². The van der Waals surface area contributed by atoms with Crippen LogP contribution in [-0.2, 0) is 0 Å². The number of nitrogens with zero attached hydrogens (tertiary/aromatic N) is 1. The van der Waals surface area contributed by atoms with E-state index >= 15 is 0 Å². The average Bonchev–Trinajstić information content (AvgIpc) is 2.38. The van der Waals surface area contributed by atoms with Crippen molar-refractivity contribution >= 4 is 5.69 Å². The maximum Gasteiger partial charge on any atom is 0.277 e. The summed E-state index contributed by atoms with van der Waals surface area (Å²) in [7, 11) is 1.45. The topological polar surface area (TPSA) is 52.4 Å². The third-order valence-corrected chi connectivity index (χ3v) is 2.56. The van der Waals surface area contributed by atoms with Crippen LogP contribution in [0.15, 0.2) is 42.5 Å². The molecule has 5 heteroatoms. The summed E-state index contributed by atoms with van der Waals surface area (Å²) in [5.74, 6) is -0.0623. The molecule has 0 atom stereocenters. The van der Waals surface area contributed by atoms with Crippen molar-refractivity contribution in [3.63, 3.8) is 0 Å². The van der Waals surface area contributed by atoms with E-state index in [1.54, 1.807) is 6.07 Å². The maximum atomic E-state index is 13.7. The molecule has 0 aliphatic rings. The van der Waals surface area contributed by atoms with Crippen molar-refractivity contribution in [1.82, 2.24) is 0 Å². The first-order valence-corrected chi connectivity index (χ1v) is 5.21. The van der Waals surface area contributed by atoms with Crippen molar-refractivity contribution < 1.29 is 14.1 Å². The van der Waals surface area contributed by atoms with Gasteiger partial charge in [0.1, 0.15) is 11.6 Å². The maximum absolute atomic E-state index is 13.7. The number of nitro benzene ring substituents is 1. The Morgan fingerprint density at radius 1 is 1.17 bits per heavy atom. The first kappa shape index (κ1) is 12.0. The van der Waals surface area contributed by atoms with E-state index in [1.165, 1.54) is 43.5 Å². The molecule has 0 aliphatic heterocycles. The quantitative estimate of drug-likeness (QED) is 0.617. The molecular weight excluding hydrogens is 237 g/mol. The van der Waals surface area contributed by atoms with Crippen LogP contribution in [0.4, 0.5) is 10.1 Å². The van der Waals surface area contributed by atoms with Gasteiger partial charge in [0.05, 0.1) is 17.6 Å². The van der Waals surface area contributed by atoms with E-state index in [0.717, 1.165) is 0 Å². The van der Waals surface area contributed by atoms with Gasteiger partial charge in [-0.2, -0.15) is 0 Å². The molecule has 0 aromatic heterocycles. The second-order valence-electron chi connectivity index (χ2n) is 3.62. The number of nitro groups is 1. The summed E-state index contributed by atoms with van der Waals surface area (Å²) < 4.78 is 18.7. The van der Waals surface area contributed by atoms with E-state index in [9.17, 15) is 14.5 Å². The third kappa shape index (κ3) is 2.15. The van der Waals surface area contributed by atoms with Gasteiger partial charge in [-0.05, 0) is 18.2 Å². The van der Waals surface area contributed by atoms with Gasteiger partial charge in [0, 0.05) is 11.6 Å². The minimum atomic E-state index is -0.540. The Morgan fingerprint density at radius 2 is 1.89 bits per heavy atom. The van der Waals surface area contributed by atoms with E-state index in [0.29, 0.717) is 5.75 Å². The minimum Gasteiger partial charge on any atom is -0.497 e. The van der Waals surface area contributed by atoms with Gasteiger partial charge in [-0.3, -0.25) is 10.1 Å². The molecule has 4 nitrogen and oxygen atoms in total. The van der Waals surface area contributed by atoms with Crippen molar-refractivity contribution in [3.05, 3.63) is 58.4 Å². The number of ether oxygens (including phenoxy) is 1. The Kier molecular flexibility index (Phi) is 3.23. The lowest BCUT2D eigenvalue weighted by Crippen LogP contribution is -1.94. The highest BCUT2D eigenvalue weighted by molar-refractivity contribution is 5.75. The van der Waals surface area contributed by atoms with Crippen molar-refractivity contribution in [3.8, 4) is 16.9 Å². The minimum absolute atomic E-state index is 0.152. The van der Waals surface area contributed by atoms with Crippen molar-refractivity contribution in [2.45, 2.75) is 0 Å². The average molecular weight is 247 g/mol. The predicted molar refractivity (Wildman–Crippen MR) is 65.0 cm³/mol. The Hall–Kier alpha value is -2.43. The molecule has 0 heterocycles. The fourth-order valence-corrected chi connectivity index (χ4v) is 1.70. The van der Waals surface area contributed by atoms with E-state index in [4.69, 9.17) is 4.74 Å². The van der Waals surface area contributed by atoms with Gasteiger partial charge in [0.15, 0.2) is 0 Å². The standard InChI is InChI=1S/C13H10FNO3/c1-18-9-6-7-13(15(16)17)11(8-9)10-4-2-3-5-12(10)14/h2-8H,1H3. The van der Waals surface area contributed by atoms with E-state index in [2.05, 4.69) is 0 Å². The van der Waals surface area contributed by atoms with Crippen LogP contribution in [0.5, 0.6) is 5.75 Å². The van der Waals surface area contributed by atoms with Gasteiger partial charge < -0.3 is 4.74 Å². The molecule has 92 valence electrons. The summed E-state index contributed by atoms with van der Waals surface area (Å²) >= 11 is 0. The molecule has 2 aromatic carbocycles. The van der Waals surface area contributed by atoms with Crippen molar-refractivity contribution in [2.75, 3.05) is 7.11 Å². The number of hydrogen-bond donors (Lipinski definition) is 0. The zero-order valence-corrected chi connectivity index (χ0v) is 9.59. The summed E-state index contributed by atoms with van der Waals surface area (Å²) in [5.41, 5.74) is 0.237. The van der Waals surface area contributed by atoms with E-state index in [-0.39, 0.29) is 16.8 Å². The molecule has 0 fully saturated rings. The summed E-state index contributed by atoms with van der Waals surface area (Å²) in [6.45, 7) is 0. The number of benzene rings is 2. The molecular formula is C13H10FNO3.